The molecule has 0 aliphatic rings. The molecule has 270 valence electrons. The van der Waals surface area contributed by atoms with Gasteiger partial charge in [0, 0.05) is 12.8 Å². The number of fused-ring (bicyclic) bond motifs is 2. The number of benzene rings is 5. The Kier molecular flexibility index (Phi) is 11.8. The first-order valence-electron chi connectivity index (χ1n) is 17.2. The molecule has 0 unspecified atom stereocenters. The van der Waals surface area contributed by atoms with Crippen LogP contribution in [0.25, 0.3) is 21.5 Å². The third kappa shape index (κ3) is 9.87. The third-order valence-corrected chi connectivity index (χ3v) is 8.43. The van der Waals surface area contributed by atoms with Crippen LogP contribution >= 0.6 is 0 Å². The largest absolute Gasteiger partial charge is 0.488 e. The molecule has 0 aliphatic carbocycles. The average Bonchev–Trinajstić information content (AvgIpc) is 3.08. The Morgan fingerprint density at radius 2 is 1.37 bits per heavy atom. The van der Waals surface area contributed by atoms with Gasteiger partial charge in [-0.2, -0.15) is 5.48 Å². The first-order valence-corrected chi connectivity index (χ1v) is 17.2. The number of nitrogens with one attached hydrogen (secondary N) is 3. The molecule has 0 heterocycles. The van der Waals surface area contributed by atoms with Crippen LogP contribution in [0, 0.1) is 20.8 Å². The van der Waals surface area contributed by atoms with Gasteiger partial charge >= 0.3 is 12.1 Å². The second kappa shape index (κ2) is 16.4. The van der Waals surface area contributed by atoms with Gasteiger partial charge in [-0.05, 0) is 104 Å². The van der Waals surface area contributed by atoms with Crippen molar-refractivity contribution in [2.75, 3.05) is 13.2 Å². The monoisotopic (exact) mass is 703 g/mol. The van der Waals surface area contributed by atoms with Crippen LogP contribution in [0.2, 0.25) is 0 Å². The molecule has 0 aliphatic heterocycles. The number of aryl methyl sites for hydroxylation is 3. The van der Waals surface area contributed by atoms with Gasteiger partial charge in [-0.25, -0.2) is 9.59 Å². The van der Waals surface area contributed by atoms with Crippen molar-refractivity contribution in [2.24, 2.45) is 0 Å². The Labute approximate surface area is 303 Å². The number of hydroxylamine groups is 1. The molecule has 10 heteroatoms. The summed E-state index contributed by atoms with van der Waals surface area (Å²) < 4.78 is 11.5. The number of hydrogen-bond acceptors (Lipinski definition) is 7. The minimum Gasteiger partial charge on any atom is -0.488 e. The number of hydrogen-bond donors (Lipinski definition) is 3. The van der Waals surface area contributed by atoms with Crippen molar-refractivity contribution < 1.29 is 33.5 Å². The Morgan fingerprint density at radius 1 is 0.769 bits per heavy atom. The van der Waals surface area contributed by atoms with E-state index in [1.807, 2.05) is 64.1 Å². The average molecular weight is 704 g/mol. The maximum absolute atomic E-state index is 13.4. The van der Waals surface area contributed by atoms with Crippen molar-refractivity contribution in [3.05, 3.63) is 124 Å². The number of ether oxygens (including phenoxy) is 2. The first kappa shape index (κ1) is 37.4. The van der Waals surface area contributed by atoms with Gasteiger partial charge in [0.05, 0.1) is 18.7 Å². The Morgan fingerprint density at radius 3 is 1.96 bits per heavy atom. The lowest BCUT2D eigenvalue weighted by Gasteiger charge is -2.22. The summed E-state index contributed by atoms with van der Waals surface area (Å²) in [5.41, 5.74) is 6.30. The van der Waals surface area contributed by atoms with Gasteiger partial charge in [0.25, 0.3) is 5.91 Å². The highest BCUT2D eigenvalue weighted by atomic mass is 16.7. The lowest BCUT2D eigenvalue weighted by atomic mass is 9.95. The van der Waals surface area contributed by atoms with Crippen molar-refractivity contribution in [2.45, 2.75) is 66.0 Å². The molecule has 0 bridgehead atoms. The van der Waals surface area contributed by atoms with E-state index in [1.54, 1.807) is 38.1 Å². The van der Waals surface area contributed by atoms with E-state index in [-0.39, 0.29) is 18.6 Å². The van der Waals surface area contributed by atoms with Crippen LogP contribution in [-0.2, 0) is 32.0 Å². The molecule has 0 radical (unpaired) electrons. The summed E-state index contributed by atoms with van der Waals surface area (Å²) in [5.74, 6) is -1.43. The summed E-state index contributed by atoms with van der Waals surface area (Å²) in [6.45, 7) is 10.9. The van der Waals surface area contributed by atoms with Gasteiger partial charge in [-0.3, -0.25) is 9.59 Å². The number of carbonyl (C=O) groups excluding carboxylic acids is 4. The highest BCUT2D eigenvalue weighted by Crippen LogP contribution is 2.29. The summed E-state index contributed by atoms with van der Waals surface area (Å²) in [6.07, 6.45) is -0.213. The fourth-order valence-electron chi connectivity index (χ4n) is 6.28. The number of alkyl carbamates (subject to hydrolysis) is 1. The predicted octanol–water partition coefficient (Wildman–Crippen LogP) is 6.98. The summed E-state index contributed by atoms with van der Waals surface area (Å²) in [4.78, 5) is 56.9. The van der Waals surface area contributed by atoms with E-state index in [4.69, 9.17) is 14.3 Å². The standard InChI is InChI=1S/C42H45N3O7/c1-26-21-27(2)38(28(3)22-26)40(48)52-45-37(46)25-43-39(47)36(23-29-15-17-32(18-16-29)51-42(4,5)6)44-41(49)50-20-19-35-33-13-9-7-11-30(33)24-31-12-8-10-14-34(31)35/h7-18,21-22,24,36H,19-20,23,25H2,1-6H3,(H,43,47)(H,44,49)(H,45,46)/t36-/m0/s1. The molecule has 0 aromatic heterocycles. The minimum absolute atomic E-state index is 0.0741. The predicted molar refractivity (Wildman–Crippen MR) is 201 cm³/mol. The van der Waals surface area contributed by atoms with Gasteiger partial charge < -0.3 is 24.9 Å². The molecule has 1 atom stereocenters. The SMILES string of the molecule is Cc1cc(C)c(C(=O)ONC(=O)CNC(=O)[C@H](Cc2ccc(OC(C)(C)C)cc2)NC(=O)OCCc2c3ccccc3cc3ccccc23)c(C)c1. The Hall–Kier alpha value is -5.90. The second-order valence-electron chi connectivity index (χ2n) is 13.8. The molecule has 0 fully saturated rings. The van der Waals surface area contributed by atoms with Crippen molar-refractivity contribution in [3.8, 4) is 5.75 Å². The second-order valence-corrected chi connectivity index (χ2v) is 13.8. The summed E-state index contributed by atoms with van der Waals surface area (Å²) in [6, 6.07) is 28.1. The molecule has 3 amide bonds. The van der Waals surface area contributed by atoms with Gasteiger partial charge in [0.1, 0.15) is 17.4 Å². The number of carbonyl (C=O) groups is 4. The van der Waals surface area contributed by atoms with Crippen LogP contribution < -0.4 is 20.9 Å². The van der Waals surface area contributed by atoms with Gasteiger partial charge in [0.15, 0.2) is 0 Å². The van der Waals surface area contributed by atoms with Gasteiger partial charge in [-0.15, -0.1) is 0 Å². The maximum atomic E-state index is 13.4. The molecule has 52 heavy (non-hydrogen) atoms. The molecule has 10 nitrogen and oxygen atoms in total. The molecular formula is C42H45N3O7. The van der Waals surface area contributed by atoms with Crippen molar-refractivity contribution in [1.82, 2.24) is 16.1 Å². The topological polar surface area (TPSA) is 132 Å². The quantitative estimate of drug-likeness (QED) is 0.0999. The van der Waals surface area contributed by atoms with Crippen molar-refractivity contribution in [3.63, 3.8) is 0 Å². The third-order valence-electron chi connectivity index (χ3n) is 8.43. The normalized spacial score (nSPS) is 11.8. The molecule has 0 saturated carbocycles. The van der Waals surface area contributed by atoms with E-state index >= 15 is 0 Å². The molecule has 5 rings (SSSR count). The highest BCUT2D eigenvalue weighted by Gasteiger charge is 2.24. The zero-order chi connectivity index (χ0) is 37.4. The summed E-state index contributed by atoms with van der Waals surface area (Å²) in [5, 5.41) is 9.54. The van der Waals surface area contributed by atoms with E-state index in [0.29, 0.717) is 28.9 Å². The molecule has 0 saturated heterocycles. The first-order chi connectivity index (χ1) is 24.8. The zero-order valence-corrected chi connectivity index (χ0v) is 30.4. The van der Waals surface area contributed by atoms with E-state index in [2.05, 4.69) is 46.4 Å². The van der Waals surface area contributed by atoms with Crippen LogP contribution in [0.1, 0.15) is 58.9 Å². The van der Waals surface area contributed by atoms with Crippen LogP contribution in [0.3, 0.4) is 0 Å². The smallest absolute Gasteiger partial charge is 0.407 e. The van der Waals surface area contributed by atoms with Crippen molar-refractivity contribution in [1.29, 1.82) is 0 Å². The minimum atomic E-state index is -1.09. The Bertz CT molecular complexity index is 2020. The Balaban J connectivity index is 1.23. The van der Waals surface area contributed by atoms with E-state index < -0.39 is 36.5 Å². The summed E-state index contributed by atoms with van der Waals surface area (Å²) >= 11 is 0. The lowest BCUT2D eigenvalue weighted by Crippen LogP contribution is -2.50. The van der Waals surface area contributed by atoms with Crippen LogP contribution in [0.4, 0.5) is 4.79 Å². The maximum Gasteiger partial charge on any atom is 0.407 e. The van der Waals surface area contributed by atoms with Crippen LogP contribution in [-0.4, -0.2) is 48.7 Å². The highest BCUT2D eigenvalue weighted by molar-refractivity contribution is 6.02. The van der Waals surface area contributed by atoms with Crippen molar-refractivity contribution >= 4 is 45.4 Å². The zero-order valence-electron chi connectivity index (χ0n) is 30.4. The van der Waals surface area contributed by atoms with Gasteiger partial charge in [0.2, 0.25) is 5.91 Å². The fourth-order valence-corrected chi connectivity index (χ4v) is 6.28. The molecule has 0 spiro atoms. The molecule has 3 N–H and O–H groups in total. The molecular weight excluding hydrogens is 658 g/mol. The summed E-state index contributed by atoms with van der Waals surface area (Å²) in [7, 11) is 0. The van der Waals surface area contributed by atoms with Crippen LogP contribution in [0.5, 0.6) is 5.75 Å². The number of rotatable bonds is 11. The fraction of sp³-hybridized carbons (Fsp3) is 0.286. The number of amides is 3. The van der Waals surface area contributed by atoms with E-state index in [1.165, 1.54) is 0 Å². The van der Waals surface area contributed by atoms with E-state index in [0.717, 1.165) is 38.2 Å². The molecule has 5 aromatic carbocycles. The van der Waals surface area contributed by atoms with Gasteiger partial charge in [-0.1, -0.05) is 78.4 Å². The molecule has 5 aromatic rings. The van der Waals surface area contributed by atoms with Crippen LogP contribution in [0.15, 0.2) is 91.0 Å². The van der Waals surface area contributed by atoms with E-state index in [9.17, 15) is 19.2 Å². The lowest BCUT2D eigenvalue weighted by molar-refractivity contribution is -0.132.